The largest absolute Gasteiger partial charge is 0.418 e. The van der Waals surface area contributed by atoms with Gasteiger partial charge in [0.1, 0.15) is 5.82 Å². The molecular formula is C15H10F4N2OS. The lowest BCUT2D eigenvalue weighted by Gasteiger charge is -2.14. The third-order valence-corrected chi connectivity index (χ3v) is 3.06. The molecule has 2 rings (SSSR count). The van der Waals surface area contributed by atoms with Crippen molar-refractivity contribution in [2.45, 2.75) is 6.18 Å². The van der Waals surface area contributed by atoms with Crippen LogP contribution in [0.5, 0.6) is 0 Å². The summed E-state index contributed by atoms with van der Waals surface area (Å²) >= 11 is 4.84. The molecule has 0 radical (unpaired) electrons. The van der Waals surface area contributed by atoms with Crippen molar-refractivity contribution in [3.05, 3.63) is 59.9 Å². The van der Waals surface area contributed by atoms with Crippen molar-refractivity contribution in [3.8, 4) is 0 Å². The fourth-order valence-electron chi connectivity index (χ4n) is 1.75. The molecule has 8 heteroatoms. The van der Waals surface area contributed by atoms with Gasteiger partial charge in [-0.15, -0.1) is 0 Å². The van der Waals surface area contributed by atoms with Crippen molar-refractivity contribution in [2.75, 3.05) is 10.6 Å². The second kappa shape index (κ2) is 6.74. The molecule has 0 saturated carbocycles. The number of hydrogen-bond donors (Lipinski definition) is 2. The summed E-state index contributed by atoms with van der Waals surface area (Å²) in [5.41, 5.74) is -1.34. The maximum atomic E-state index is 13.0. The fourth-order valence-corrected chi connectivity index (χ4v) is 1.92. The first-order valence-corrected chi connectivity index (χ1v) is 6.72. The standard InChI is InChI=1S/C15H10F4N2OS/c16-9-6-7-12(11(8-9)15(17,18)19)21-13(22)14(23)20-10-4-2-1-3-5-10/h1-8H,(H,20,23)(H,21,22). The second-order valence-electron chi connectivity index (χ2n) is 4.46. The lowest BCUT2D eigenvalue weighted by atomic mass is 10.1. The molecule has 0 unspecified atom stereocenters. The van der Waals surface area contributed by atoms with E-state index in [1.54, 1.807) is 30.3 Å². The van der Waals surface area contributed by atoms with Gasteiger partial charge in [0.2, 0.25) is 0 Å². The minimum Gasteiger partial charge on any atom is -0.342 e. The molecule has 0 aromatic heterocycles. The average Bonchev–Trinajstić information content (AvgIpc) is 2.49. The van der Waals surface area contributed by atoms with Crippen LogP contribution in [0.15, 0.2) is 48.5 Å². The van der Waals surface area contributed by atoms with Crippen molar-refractivity contribution >= 4 is 34.5 Å². The van der Waals surface area contributed by atoms with E-state index in [0.29, 0.717) is 11.8 Å². The molecule has 0 fully saturated rings. The highest BCUT2D eigenvalue weighted by atomic mass is 32.1. The second-order valence-corrected chi connectivity index (χ2v) is 4.87. The summed E-state index contributed by atoms with van der Waals surface area (Å²) in [7, 11) is 0. The number of nitrogens with one attached hydrogen (secondary N) is 2. The molecule has 0 spiro atoms. The number of thiocarbonyl (C=S) groups is 1. The summed E-state index contributed by atoms with van der Waals surface area (Å²) in [5.74, 6) is -1.98. The molecule has 0 atom stereocenters. The van der Waals surface area contributed by atoms with E-state index in [2.05, 4.69) is 5.32 Å². The molecule has 0 bridgehead atoms. The van der Waals surface area contributed by atoms with E-state index < -0.39 is 29.2 Å². The number of anilines is 2. The average molecular weight is 342 g/mol. The van der Waals surface area contributed by atoms with Crippen LogP contribution < -0.4 is 10.6 Å². The lowest BCUT2D eigenvalue weighted by molar-refractivity contribution is -0.137. The van der Waals surface area contributed by atoms with Crippen molar-refractivity contribution in [3.63, 3.8) is 0 Å². The third kappa shape index (κ3) is 4.49. The fraction of sp³-hybridized carbons (Fsp3) is 0.0667. The van der Waals surface area contributed by atoms with Crippen LogP contribution >= 0.6 is 12.2 Å². The van der Waals surface area contributed by atoms with Crippen LogP contribution in [-0.4, -0.2) is 10.9 Å². The van der Waals surface area contributed by atoms with Crippen LogP contribution in [-0.2, 0) is 11.0 Å². The van der Waals surface area contributed by atoms with Crippen LogP contribution in [0.25, 0.3) is 0 Å². The van der Waals surface area contributed by atoms with Gasteiger partial charge in [0.15, 0.2) is 4.99 Å². The summed E-state index contributed by atoms with van der Waals surface area (Å²) < 4.78 is 51.6. The van der Waals surface area contributed by atoms with Crippen LogP contribution in [0.3, 0.4) is 0 Å². The van der Waals surface area contributed by atoms with Crippen molar-refractivity contribution in [1.82, 2.24) is 0 Å². The van der Waals surface area contributed by atoms with Crippen LogP contribution in [0, 0.1) is 5.82 Å². The predicted molar refractivity (Wildman–Crippen MR) is 82.7 cm³/mol. The minimum absolute atomic E-state index is 0.309. The van der Waals surface area contributed by atoms with E-state index in [9.17, 15) is 22.4 Å². The summed E-state index contributed by atoms with van der Waals surface area (Å²) in [6.45, 7) is 0. The van der Waals surface area contributed by atoms with Crippen molar-refractivity contribution in [1.29, 1.82) is 0 Å². The lowest BCUT2D eigenvalue weighted by Crippen LogP contribution is -2.28. The summed E-state index contributed by atoms with van der Waals surface area (Å²) in [6.07, 6.45) is -4.81. The highest BCUT2D eigenvalue weighted by Crippen LogP contribution is 2.35. The molecule has 1 amide bonds. The Labute approximate surface area is 134 Å². The minimum atomic E-state index is -4.81. The molecular weight excluding hydrogens is 332 g/mol. The number of alkyl halides is 3. The van der Waals surface area contributed by atoms with E-state index >= 15 is 0 Å². The van der Waals surface area contributed by atoms with Gasteiger partial charge in [-0.1, -0.05) is 30.4 Å². The molecule has 23 heavy (non-hydrogen) atoms. The first-order valence-electron chi connectivity index (χ1n) is 6.31. The third-order valence-electron chi connectivity index (χ3n) is 2.77. The molecule has 0 heterocycles. The monoisotopic (exact) mass is 342 g/mol. The topological polar surface area (TPSA) is 41.1 Å². The number of amides is 1. The van der Waals surface area contributed by atoms with Gasteiger partial charge in [0.05, 0.1) is 11.3 Å². The van der Waals surface area contributed by atoms with Gasteiger partial charge >= 0.3 is 6.18 Å². The molecule has 2 aromatic carbocycles. The molecule has 0 aliphatic heterocycles. The quantitative estimate of drug-likeness (QED) is 0.634. The maximum Gasteiger partial charge on any atom is 0.418 e. The Balaban J connectivity index is 2.16. The number of halogens is 4. The first kappa shape index (κ1) is 16.9. The van der Waals surface area contributed by atoms with E-state index in [0.717, 1.165) is 12.1 Å². The number of carbonyl (C=O) groups excluding carboxylic acids is 1. The van der Waals surface area contributed by atoms with Gasteiger partial charge in [-0.3, -0.25) is 4.79 Å². The van der Waals surface area contributed by atoms with Gasteiger partial charge in [-0.05, 0) is 30.3 Å². The molecule has 2 N–H and O–H groups in total. The van der Waals surface area contributed by atoms with E-state index in [1.807, 2.05) is 5.32 Å². The number of para-hydroxylation sites is 1. The van der Waals surface area contributed by atoms with Crippen molar-refractivity contribution in [2.24, 2.45) is 0 Å². The predicted octanol–water partition coefficient (Wildman–Crippen LogP) is 4.22. The van der Waals surface area contributed by atoms with Gasteiger partial charge < -0.3 is 10.6 Å². The van der Waals surface area contributed by atoms with Crippen LogP contribution in [0.4, 0.5) is 28.9 Å². The Morgan fingerprint density at radius 1 is 1.00 bits per heavy atom. The molecule has 0 saturated heterocycles. The van der Waals surface area contributed by atoms with Crippen LogP contribution in [0.1, 0.15) is 5.56 Å². The Bertz CT molecular complexity index is 732. The van der Waals surface area contributed by atoms with Gasteiger partial charge in [-0.25, -0.2) is 4.39 Å². The number of hydrogen-bond acceptors (Lipinski definition) is 2. The molecule has 0 aliphatic rings. The first-order chi connectivity index (χ1) is 10.8. The molecule has 3 nitrogen and oxygen atoms in total. The Morgan fingerprint density at radius 3 is 2.26 bits per heavy atom. The normalized spacial score (nSPS) is 11.0. The molecule has 0 aliphatic carbocycles. The zero-order chi connectivity index (χ0) is 17.0. The van der Waals surface area contributed by atoms with Gasteiger partial charge in [0, 0.05) is 5.69 Å². The van der Waals surface area contributed by atoms with Gasteiger partial charge in [-0.2, -0.15) is 13.2 Å². The maximum absolute atomic E-state index is 13.0. The van der Waals surface area contributed by atoms with E-state index in [-0.39, 0.29) is 4.99 Å². The number of benzene rings is 2. The molecule has 120 valence electrons. The highest BCUT2D eigenvalue weighted by Gasteiger charge is 2.34. The van der Waals surface area contributed by atoms with E-state index in [4.69, 9.17) is 12.2 Å². The SMILES string of the molecule is O=C(Nc1ccc(F)cc1C(F)(F)F)C(=S)Nc1ccccc1. The number of carbonyl (C=O) groups is 1. The zero-order valence-electron chi connectivity index (χ0n) is 11.4. The smallest absolute Gasteiger partial charge is 0.342 e. The summed E-state index contributed by atoms with van der Waals surface area (Å²) in [5, 5.41) is 4.63. The van der Waals surface area contributed by atoms with Crippen molar-refractivity contribution < 1.29 is 22.4 Å². The Morgan fingerprint density at radius 2 is 1.65 bits per heavy atom. The summed E-state index contributed by atoms with van der Waals surface area (Å²) in [6, 6.07) is 10.4. The van der Waals surface area contributed by atoms with E-state index in [1.165, 1.54) is 0 Å². The van der Waals surface area contributed by atoms with Gasteiger partial charge in [0.25, 0.3) is 5.91 Å². The summed E-state index contributed by atoms with van der Waals surface area (Å²) in [4.78, 5) is 11.6. The Kier molecular flexibility index (Phi) is 4.95. The van der Waals surface area contributed by atoms with Crippen LogP contribution in [0.2, 0.25) is 0 Å². The Hall–Kier alpha value is -2.48. The molecule has 2 aromatic rings. The number of rotatable bonds is 2. The zero-order valence-corrected chi connectivity index (χ0v) is 12.3. The highest BCUT2D eigenvalue weighted by molar-refractivity contribution is 7.82.